The Balaban J connectivity index is 1.95. The third-order valence-electron chi connectivity index (χ3n) is 4.12. The van der Waals surface area contributed by atoms with E-state index in [1.807, 2.05) is 6.07 Å². The number of halogens is 1. The molecule has 2 rings (SSSR count). The highest BCUT2D eigenvalue weighted by atomic mass is 79.9. The molecule has 0 aliphatic carbocycles. The minimum Gasteiger partial charge on any atom is -0.497 e. The van der Waals surface area contributed by atoms with Gasteiger partial charge in [-0.25, -0.2) is 0 Å². The molecule has 0 spiro atoms. The summed E-state index contributed by atoms with van der Waals surface area (Å²) in [7, 11) is 3.92. The van der Waals surface area contributed by atoms with Crippen molar-refractivity contribution in [2.75, 3.05) is 33.8 Å². The average Bonchev–Trinajstić information content (AvgIpc) is 2.88. The fourth-order valence-electron chi connectivity index (χ4n) is 3.03. The molecule has 0 saturated carbocycles. The van der Waals surface area contributed by atoms with E-state index in [0.29, 0.717) is 0 Å². The van der Waals surface area contributed by atoms with Crippen molar-refractivity contribution in [2.45, 2.75) is 32.4 Å². The van der Waals surface area contributed by atoms with Crippen LogP contribution in [-0.4, -0.2) is 49.6 Å². The van der Waals surface area contributed by atoms with Crippen LogP contribution in [0.5, 0.6) is 5.75 Å². The third kappa shape index (κ3) is 3.96. The van der Waals surface area contributed by atoms with Crippen LogP contribution in [-0.2, 0) is 6.54 Å². The topological polar surface area (TPSA) is 15.7 Å². The Morgan fingerprint density at radius 3 is 2.95 bits per heavy atom. The predicted molar refractivity (Wildman–Crippen MR) is 87.3 cm³/mol. The Hall–Kier alpha value is -0.580. The molecule has 1 aliphatic heterocycles. The standard InChI is InChI=1S/C16H25BrN2O/c1-4-19-9-5-6-14(19)12-18(2)11-13-10-15(20-3)7-8-16(13)17/h7-8,10,14H,4-6,9,11-12H2,1-3H3. The summed E-state index contributed by atoms with van der Waals surface area (Å²) in [5.74, 6) is 0.924. The minimum absolute atomic E-state index is 0.717. The average molecular weight is 341 g/mol. The molecule has 1 fully saturated rings. The highest BCUT2D eigenvalue weighted by Gasteiger charge is 2.24. The summed E-state index contributed by atoms with van der Waals surface area (Å²) in [6, 6.07) is 6.89. The highest BCUT2D eigenvalue weighted by Crippen LogP contribution is 2.24. The predicted octanol–water partition coefficient (Wildman–Crippen LogP) is 3.37. The smallest absolute Gasteiger partial charge is 0.119 e. The number of likely N-dealkylation sites (tertiary alicyclic amines) is 1. The highest BCUT2D eigenvalue weighted by molar-refractivity contribution is 9.10. The lowest BCUT2D eigenvalue weighted by Crippen LogP contribution is -2.38. The van der Waals surface area contributed by atoms with E-state index >= 15 is 0 Å². The van der Waals surface area contributed by atoms with Gasteiger partial charge in [0, 0.05) is 23.6 Å². The largest absolute Gasteiger partial charge is 0.497 e. The molecular weight excluding hydrogens is 316 g/mol. The van der Waals surface area contributed by atoms with Crippen LogP contribution in [0.25, 0.3) is 0 Å². The van der Waals surface area contributed by atoms with Crippen LogP contribution in [0, 0.1) is 0 Å². The molecule has 0 aromatic heterocycles. The number of hydrogen-bond donors (Lipinski definition) is 0. The summed E-state index contributed by atoms with van der Waals surface area (Å²) in [5, 5.41) is 0. The Bertz CT molecular complexity index is 438. The molecule has 1 aromatic rings. The first-order chi connectivity index (χ1) is 9.63. The zero-order chi connectivity index (χ0) is 14.5. The van der Waals surface area contributed by atoms with Crippen LogP contribution in [0.15, 0.2) is 22.7 Å². The maximum atomic E-state index is 5.31. The first-order valence-corrected chi connectivity index (χ1v) is 8.18. The molecule has 1 unspecified atom stereocenters. The van der Waals surface area contributed by atoms with Crippen molar-refractivity contribution >= 4 is 15.9 Å². The monoisotopic (exact) mass is 340 g/mol. The molecule has 0 radical (unpaired) electrons. The number of methoxy groups -OCH3 is 1. The van der Waals surface area contributed by atoms with E-state index < -0.39 is 0 Å². The molecule has 0 amide bonds. The van der Waals surface area contributed by atoms with Gasteiger partial charge < -0.3 is 9.64 Å². The first-order valence-electron chi connectivity index (χ1n) is 7.39. The molecule has 1 aromatic carbocycles. The normalized spacial score (nSPS) is 19.8. The molecule has 1 aliphatic rings. The van der Waals surface area contributed by atoms with Crippen molar-refractivity contribution in [3.8, 4) is 5.75 Å². The number of nitrogens with zero attached hydrogens (tertiary/aromatic N) is 2. The van der Waals surface area contributed by atoms with Gasteiger partial charge in [-0.1, -0.05) is 22.9 Å². The second-order valence-corrected chi connectivity index (χ2v) is 6.43. The van der Waals surface area contributed by atoms with Crippen LogP contribution in [0.1, 0.15) is 25.3 Å². The van der Waals surface area contributed by atoms with Crippen molar-refractivity contribution in [3.63, 3.8) is 0 Å². The van der Waals surface area contributed by atoms with Gasteiger partial charge in [0.2, 0.25) is 0 Å². The summed E-state index contributed by atoms with van der Waals surface area (Å²) in [5.41, 5.74) is 1.29. The molecule has 20 heavy (non-hydrogen) atoms. The van der Waals surface area contributed by atoms with E-state index in [1.165, 1.54) is 31.5 Å². The van der Waals surface area contributed by atoms with Gasteiger partial charge in [-0.2, -0.15) is 0 Å². The molecule has 0 bridgehead atoms. The second-order valence-electron chi connectivity index (χ2n) is 5.58. The van der Waals surface area contributed by atoms with E-state index in [9.17, 15) is 0 Å². The summed E-state index contributed by atoms with van der Waals surface area (Å²) in [6.07, 6.45) is 2.67. The maximum Gasteiger partial charge on any atom is 0.119 e. The van der Waals surface area contributed by atoms with E-state index in [2.05, 4.69) is 51.8 Å². The fourth-order valence-corrected chi connectivity index (χ4v) is 3.40. The van der Waals surface area contributed by atoms with E-state index in [1.54, 1.807) is 7.11 Å². The van der Waals surface area contributed by atoms with Gasteiger partial charge in [0.05, 0.1) is 7.11 Å². The lowest BCUT2D eigenvalue weighted by Gasteiger charge is -2.28. The van der Waals surface area contributed by atoms with Crippen LogP contribution in [0.4, 0.5) is 0 Å². The van der Waals surface area contributed by atoms with Crippen molar-refractivity contribution in [1.29, 1.82) is 0 Å². The first kappa shape index (κ1) is 15.8. The van der Waals surface area contributed by atoms with Gasteiger partial charge in [-0.15, -0.1) is 0 Å². The minimum atomic E-state index is 0.717. The number of benzene rings is 1. The third-order valence-corrected chi connectivity index (χ3v) is 4.89. The lowest BCUT2D eigenvalue weighted by atomic mass is 10.1. The summed E-state index contributed by atoms with van der Waals surface area (Å²) in [4.78, 5) is 5.01. The number of hydrogen-bond acceptors (Lipinski definition) is 3. The Kier molecular flexibility index (Phi) is 5.87. The second kappa shape index (κ2) is 7.43. The SMILES string of the molecule is CCN1CCCC1CN(C)Cc1cc(OC)ccc1Br. The lowest BCUT2D eigenvalue weighted by molar-refractivity contribution is 0.194. The van der Waals surface area contributed by atoms with Crippen LogP contribution in [0.3, 0.4) is 0 Å². The van der Waals surface area contributed by atoms with Crippen molar-refractivity contribution in [3.05, 3.63) is 28.2 Å². The van der Waals surface area contributed by atoms with Gasteiger partial charge in [-0.3, -0.25) is 4.90 Å². The van der Waals surface area contributed by atoms with E-state index in [4.69, 9.17) is 4.74 Å². The molecule has 1 atom stereocenters. The van der Waals surface area contributed by atoms with Crippen molar-refractivity contribution in [2.24, 2.45) is 0 Å². The molecule has 112 valence electrons. The molecule has 1 saturated heterocycles. The van der Waals surface area contributed by atoms with Crippen LogP contribution in [0.2, 0.25) is 0 Å². The number of ether oxygens (including phenoxy) is 1. The molecule has 0 N–H and O–H groups in total. The quantitative estimate of drug-likeness (QED) is 0.789. The summed E-state index contributed by atoms with van der Waals surface area (Å²) in [6.45, 7) is 6.78. The molecule has 1 heterocycles. The van der Waals surface area contributed by atoms with Crippen molar-refractivity contribution in [1.82, 2.24) is 9.80 Å². The number of likely N-dealkylation sites (N-methyl/N-ethyl adjacent to an activating group) is 2. The van der Waals surface area contributed by atoms with E-state index in [-0.39, 0.29) is 0 Å². The van der Waals surface area contributed by atoms with Crippen molar-refractivity contribution < 1.29 is 4.74 Å². The Morgan fingerprint density at radius 1 is 1.45 bits per heavy atom. The zero-order valence-electron chi connectivity index (χ0n) is 12.7. The van der Waals surface area contributed by atoms with E-state index in [0.717, 1.165) is 29.4 Å². The maximum absolute atomic E-state index is 5.31. The molecule has 4 heteroatoms. The van der Waals surface area contributed by atoms with Crippen LogP contribution >= 0.6 is 15.9 Å². The Labute approximate surface area is 131 Å². The zero-order valence-corrected chi connectivity index (χ0v) is 14.3. The Morgan fingerprint density at radius 2 is 2.25 bits per heavy atom. The van der Waals surface area contributed by atoms with Crippen LogP contribution < -0.4 is 4.74 Å². The molecule has 3 nitrogen and oxygen atoms in total. The van der Waals surface area contributed by atoms with Gasteiger partial charge in [0.15, 0.2) is 0 Å². The van der Waals surface area contributed by atoms with Gasteiger partial charge in [0.1, 0.15) is 5.75 Å². The van der Waals surface area contributed by atoms with Gasteiger partial charge in [0.25, 0.3) is 0 Å². The fraction of sp³-hybridized carbons (Fsp3) is 0.625. The number of rotatable bonds is 6. The summed E-state index contributed by atoms with van der Waals surface area (Å²) >= 11 is 3.63. The van der Waals surface area contributed by atoms with Gasteiger partial charge in [-0.05, 0) is 56.7 Å². The molecular formula is C16H25BrN2O. The van der Waals surface area contributed by atoms with Gasteiger partial charge >= 0.3 is 0 Å². The summed E-state index contributed by atoms with van der Waals surface area (Å²) < 4.78 is 6.47.